The van der Waals surface area contributed by atoms with Gasteiger partial charge in [0.25, 0.3) is 11.1 Å². The lowest BCUT2D eigenvalue weighted by molar-refractivity contribution is 0.102. The summed E-state index contributed by atoms with van der Waals surface area (Å²) in [5, 5.41) is 8.86. The van der Waals surface area contributed by atoms with E-state index in [1.165, 1.54) is 17.3 Å². The highest BCUT2D eigenvalue weighted by molar-refractivity contribution is 7.99. The van der Waals surface area contributed by atoms with Crippen molar-refractivity contribution in [2.45, 2.75) is 31.6 Å². The van der Waals surface area contributed by atoms with Crippen LogP contribution in [0.15, 0.2) is 58.2 Å². The van der Waals surface area contributed by atoms with Gasteiger partial charge in [-0.05, 0) is 36.2 Å². The monoisotopic (exact) mass is 402 g/mol. The molecule has 2 aromatic carbocycles. The molecule has 3 aromatic rings. The van der Waals surface area contributed by atoms with Gasteiger partial charge in [0.1, 0.15) is 5.75 Å². The van der Waals surface area contributed by atoms with E-state index < -0.39 is 0 Å². The minimum atomic E-state index is 0.0280. The first-order valence-electron chi connectivity index (χ1n) is 8.59. The van der Waals surface area contributed by atoms with Gasteiger partial charge in [-0.25, -0.2) is 0 Å². The highest BCUT2D eigenvalue weighted by Crippen LogP contribution is 2.20. The molecule has 7 heteroatoms. The number of rotatable bonds is 9. The molecule has 0 saturated carbocycles. The van der Waals surface area contributed by atoms with Crippen LogP contribution in [-0.4, -0.2) is 21.7 Å². The predicted octanol–water partition coefficient (Wildman–Crippen LogP) is 5.23. The molecule has 0 aliphatic carbocycles. The van der Waals surface area contributed by atoms with Gasteiger partial charge in [0.2, 0.25) is 0 Å². The normalized spacial score (nSPS) is 10.7. The maximum Gasteiger partial charge on any atom is 0.277 e. The number of ketones is 1. The number of hydrogen-bond donors (Lipinski definition) is 0. The van der Waals surface area contributed by atoms with Crippen molar-refractivity contribution in [1.82, 2.24) is 10.2 Å². The molecule has 0 spiro atoms. The molecule has 3 rings (SSSR count). The van der Waals surface area contributed by atoms with Crippen LogP contribution in [0.3, 0.4) is 0 Å². The largest absolute Gasteiger partial charge is 0.484 e. The Balaban J connectivity index is 1.48. The number of hydrogen-bond acceptors (Lipinski definition) is 6. The first kappa shape index (κ1) is 19.5. The Labute approximate surface area is 167 Å². The van der Waals surface area contributed by atoms with Crippen molar-refractivity contribution in [3.8, 4) is 5.75 Å². The Bertz CT molecular complexity index is 879. The number of benzene rings is 2. The summed E-state index contributed by atoms with van der Waals surface area (Å²) in [5.41, 5.74) is 1.93. The van der Waals surface area contributed by atoms with E-state index in [1.54, 1.807) is 24.3 Å². The average Bonchev–Trinajstić information content (AvgIpc) is 3.14. The number of ether oxygens (including phenoxy) is 1. The summed E-state index contributed by atoms with van der Waals surface area (Å²) in [6.07, 6.45) is 2.11. The van der Waals surface area contributed by atoms with Gasteiger partial charge in [-0.2, -0.15) is 0 Å². The lowest BCUT2D eigenvalue weighted by Gasteiger charge is -2.02. The van der Waals surface area contributed by atoms with Crippen molar-refractivity contribution in [1.29, 1.82) is 0 Å². The first-order valence-corrected chi connectivity index (χ1v) is 9.96. The zero-order chi connectivity index (χ0) is 19.1. The average molecular weight is 403 g/mol. The summed E-state index contributed by atoms with van der Waals surface area (Å²) >= 11 is 7.05. The molecule has 0 aliphatic rings. The Morgan fingerprint density at radius 3 is 2.56 bits per heavy atom. The van der Waals surface area contributed by atoms with E-state index in [0.29, 0.717) is 27.4 Å². The number of halogens is 1. The van der Waals surface area contributed by atoms with E-state index in [4.69, 9.17) is 20.8 Å². The molecule has 1 aromatic heterocycles. The van der Waals surface area contributed by atoms with Crippen molar-refractivity contribution in [2.75, 3.05) is 5.75 Å². The molecule has 0 atom stereocenters. The molecule has 27 heavy (non-hydrogen) atoms. The quantitative estimate of drug-likeness (QED) is 0.360. The molecule has 0 radical (unpaired) electrons. The first-order chi connectivity index (χ1) is 13.1. The standard InChI is InChI=1S/C20H19ClN2O3S/c1-2-3-14-4-6-15(7-5-14)18(24)13-27-20-23-22-19(26-20)12-25-17-10-8-16(21)9-11-17/h4-11H,2-3,12-13H2,1H3. The van der Waals surface area contributed by atoms with Crippen LogP contribution >= 0.6 is 23.4 Å². The van der Waals surface area contributed by atoms with Gasteiger partial charge in [0, 0.05) is 10.6 Å². The number of nitrogens with zero attached hydrogens (tertiary/aromatic N) is 2. The number of Topliss-reactive ketones (excluding diaryl/α,β-unsaturated/α-hetero) is 1. The Morgan fingerprint density at radius 2 is 1.85 bits per heavy atom. The maximum absolute atomic E-state index is 12.3. The lowest BCUT2D eigenvalue weighted by atomic mass is 10.1. The fourth-order valence-electron chi connectivity index (χ4n) is 2.39. The molecule has 0 unspecified atom stereocenters. The molecule has 0 N–H and O–H groups in total. The summed E-state index contributed by atoms with van der Waals surface area (Å²) in [5.74, 6) is 1.28. The van der Waals surface area contributed by atoms with Crippen LogP contribution < -0.4 is 4.74 Å². The summed E-state index contributed by atoms with van der Waals surface area (Å²) in [6, 6.07) is 14.7. The summed E-state index contributed by atoms with van der Waals surface area (Å²) in [6.45, 7) is 2.29. The predicted molar refractivity (Wildman–Crippen MR) is 106 cm³/mol. The van der Waals surface area contributed by atoms with Gasteiger partial charge in [0.15, 0.2) is 12.4 Å². The molecule has 0 aliphatic heterocycles. The number of thioether (sulfide) groups is 1. The van der Waals surface area contributed by atoms with Crippen molar-refractivity contribution < 1.29 is 13.9 Å². The van der Waals surface area contributed by atoms with Gasteiger partial charge < -0.3 is 9.15 Å². The SMILES string of the molecule is CCCc1ccc(C(=O)CSc2nnc(COc3ccc(Cl)cc3)o2)cc1. The fourth-order valence-corrected chi connectivity index (χ4v) is 3.19. The van der Waals surface area contributed by atoms with Gasteiger partial charge >= 0.3 is 0 Å². The minimum Gasteiger partial charge on any atom is -0.484 e. The molecule has 0 amide bonds. The molecule has 5 nitrogen and oxygen atoms in total. The van der Waals surface area contributed by atoms with Crippen LogP contribution in [0.2, 0.25) is 5.02 Å². The third-order valence-electron chi connectivity index (χ3n) is 3.77. The van der Waals surface area contributed by atoms with Gasteiger partial charge in [-0.15, -0.1) is 10.2 Å². The van der Waals surface area contributed by atoms with E-state index in [1.807, 2.05) is 24.3 Å². The Kier molecular flexibility index (Phi) is 6.90. The molecule has 1 heterocycles. The summed E-state index contributed by atoms with van der Waals surface area (Å²) in [4.78, 5) is 12.3. The van der Waals surface area contributed by atoms with Crippen LogP contribution in [0.4, 0.5) is 0 Å². The molecular formula is C20H19ClN2O3S. The van der Waals surface area contributed by atoms with Crippen molar-refractivity contribution >= 4 is 29.1 Å². The van der Waals surface area contributed by atoms with E-state index in [0.717, 1.165) is 12.8 Å². The van der Waals surface area contributed by atoms with Gasteiger partial charge in [0.05, 0.1) is 5.75 Å². The Morgan fingerprint density at radius 1 is 1.11 bits per heavy atom. The van der Waals surface area contributed by atoms with Crippen molar-refractivity contribution in [3.63, 3.8) is 0 Å². The highest BCUT2D eigenvalue weighted by atomic mass is 35.5. The summed E-state index contributed by atoms with van der Waals surface area (Å²) < 4.78 is 11.1. The van der Waals surface area contributed by atoms with E-state index in [-0.39, 0.29) is 18.1 Å². The van der Waals surface area contributed by atoms with Crippen LogP contribution in [-0.2, 0) is 13.0 Å². The second-order valence-corrected chi connectivity index (χ2v) is 7.23. The molecule has 140 valence electrons. The van der Waals surface area contributed by atoms with E-state index >= 15 is 0 Å². The lowest BCUT2D eigenvalue weighted by Crippen LogP contribution is -2.02. The Hall–Kier alpha value is -2.31. The summed E-state index contributed by atoms with van der Waals surface area (Å²) in [7, 11) is 0. The van der Waals surface area contributed by atoms with Crippen LogP contribution in [0.25, 0.3) is 0 Å². The molecule has 0 fully saturated rings. The number of aromatic nitrogens is 2. The molecule has 0 saturated heterocycles. The smallest absolute Gasteiger partial charge is 0.277 e. The van der Waals surface area contributed by atoms with Crippen molar-refractivity contribution in [3.05, 3.63) is 70.6 Å². The van der Waals surface area contributed by atoms with E-state index in [2.05, 4.69) is 17.1 Å². The molecule has 0 bridgehead atoms. The molecular weight excluding hydrogens is 384 g/mol. The van der Waals surface area contributed by atoms with Crippen LogP contribution in [0.5, 0.6) is 5.75 Å². The second-order valence-electron chi connectivity index (χ2n) is 5.86. The zero-order valence-electron chi connectivity index (χ0n) is 14.9. The third kappa shape index (κ3) is 5.84. The number of carbonyl (C=O) groups is 1. The van der Waals surface area contributed by atoms with Crippen LogP contribution in [0.1, 0.15) is 35.2 Å². The number of carbonyl (C=O) groups excluding carboxylic acids is 1. The minimum absolute atomic E-state index is 0.0280. The highest BCUT2D eigenvalue weighted by Gasteiger charge is 2.12. The maximum atomic E-state index is 12.3. The fraction of sp³-hybridized carbons (Fsp3) is 0.250. The number of aryl methyl sites for hydroxylation is 1. The van der Waals surface area contributed by atoms with Gasteiger partial charge in [-0.1, -0.05) is 61.0 Å². The van der Waals surface area contributed by atoms with Gasteiger partial charge in [-0.3, -0.25) is 4.79 Å². The van der Waals surface area contributed by atoms with Crippen molar-refractivity contribution in [2.24, 2.45) is 0 Å². The second kappa shape index (κ2) is 9.58. The third-order valence-corrected chi connectivity index (χ3v) is 4.84. The van der Waals surface area contributed by atoms with E-state index in [9.17, 15) is 4.79 Å². The zero-order valence-corrected chi connectivity index (χ0v) is 16.4. The van der Waals surface area contributed by atoms with Crippen LogP contribution in [0, 0.1) is 0 Å². The topological polar surface area (TPSA) is 65.2 Å².